The van der Waals surface area contributed by atoms with Gasteiger partial charge in [-0.2, -0.15) is 0 Å². The topological polar surface area (TPSA) is 71.1 Å². The Morgan fingerprint density at radius 1 is 0.914 bits per heavy atom. The van der Waals surface area contributed by atoms with E-state index in [4.69, 9.17) is 21.7 Å². The van der Waals surface area contributed by atoms with Crippen molar-refractivity contribution in [3.05, 3.63) is 84.4 Å². The monoisotopic (exact) mass is 489 g/mol. The van der Waals surface area contributed by atoms with Gasteiger partial charge in [-0.3, -0.25) is 14.5 Å². The summed E-state index contributed by atoms with van der Waals surface area (Å²) in [5.41, 5.74) is 2.40. The number of anilines is 2. The van der Waals surface area contributed by atoms with E-state index in [-0.39, 0.29) is 18.2 Å². The zero-order valence-electron chi connectivity index (χ0n) is 19.6. The fourth-order valence-corrected chi connectivity index (χ4v) is 4.42. The van der Waals surface area contributed by atoms with Crippen molar-refractivity contribution in [1.82, 2.24) is 4.90 Å². The molecule has 0 radical (unpaired) electrons. The lowest BCUT2D eigenvalue weighted by molar-refractivity contribution is -0.124. The SMILES string of the molecule is COc1ccc(CCN2C(=S)N(c3ccc(OC)cc3)C(=O)C2CC(=O)Nc2ccccc2)cc1. The maximum absolute atomic E-state index is 13.5. The highest BCUT2D eigenvalue weighted by atomic mass is 32.1. The first kappa shape index (κ1) is 24.2. The number of hydrogen-bond acceptors (Lipinski definition) is 5. The molecule has 8 heteroatoms. The first-order valence-corrected chi connectivity index (χ1v) is 11.7. The minimum absolute atomic E-state index is 0.0108. The van der Waals surface area contributed by atoms with E-state index in [1.165, 1.54) is 4.90 Å². The average Bonchev–Trinajstić information content (AvgIpc) is 3.12. The maximum Gasteiger partial charge on any atom is 0.256 e. The second-order valence-corrected chi connectivity index (χ2v) is 8.44. The summed E-state index contributed by atoms with van der Waals surface area (Å²) in [6.07, 6.45) is 0.647. The van der Waals surface area contributed by atoms with Crippen LogP contribution in [0.25, 0.3) is 0 Å². The van der Waals surface area contributed by atoms with Crippen molar-refractivity contribution in [3.8, 4) is 11.5 Å². The van der Waals surface area contributed by atoms with Crippen molar-refractivity contribution in [2.45, 2.75) is 18.9 Å². The molecule has 1 N–H and O–H groups in total. The van der Waals surface area contributed by atoms with Gasteiger partial charge in [-0.25, -0.2) is 0 Å². The lowest BCUT2D eigenvalue weighted by atomic mass is 10.1. The predicted molar refractivity (Wildman–Crippen MR) is 140 cm³/mol. The first-order valence-electron chi connectivity index (χ1n) is 11.3. The zero-order chi connectivity index (χ0) is 24.8. The Morgan fingerprint density at radius 3 is 2.11 bits per heavy atom. The van der Waals surface area contributed by atoms with E-state index in [2.05, 4.69) is 5.32 Å². The molecule has 7 nitrogen and oxygen atoms in total. The molecule has 1 atom stereocenters. The van der Waals surface area contributed by atoms with Crippen molar-refractivity contribution in [3.63, 3.8) is 0 Å². The van der Waals surface area contributed by atoms with Crippen molar-refractivity contribution < 1.29 is 19.1 Å². The summed E-state index contributed by atoms with van der Waals surface area (Å²) in [5, 5.41) is 3.25. The van der Waals surface area contributed by atoms with Crippen LogP contribution in [-0.4, -0.2) is 48.6 Å². The quantitative estimate of drug-likeness (QED) is 0.453. The average molecular weight is 490 g/mol. The Morgan fingerprint density at radius 2 is 1.51 bits per heavy atom. The number of nitrogens with zero attached hydrogens (tertiary/aromatic N) is 2. The Labute approximate surface area is 210 Å². The summed E-state index contributed by atoms with van der Waals surface area (Å²) < 4.78 is 10.5. The molecule has 1 aliphatic heterocycles. The van der Waals surface area contributed by atoms with Gasteiger partial charge < -0.3 is 19.7 Å². The lowest BCUT2D eigenvalue weighted by Crippen LogP contribution is -2.39. The summed E-state index contributed by atoms with van der Waals surface area (Å²) in [7, 11) is 3.21. The number of ether oxygens (including phenoxy) is 2. The van der Waals surface area contributed by atoms with Crippen LogP contribution in [0.5, 0.6) is 11.5 Å². The van der Waals surface area contributed by atoms with Gasteiger partial charge in [0.05, 0.1) is 26.3 Å². The third kappa shape index (κ3) is 5.60. The molecule has 3 aromatic rings. The van der Waals surface area contributed by atoms with E-state index in [9.17, 15) is 9.59 Å². The van der Waals surface area contributed by atoms with Gasteiger partial charge >= 0.3 is 0 Å². The lowest BCUT2D eigenvalue weighted by Gasteiger charge is -2.24. The van der Waals surface area contributed by atoms with Gasteiger partial charge in [0, 0.05) is 12.2 Å². The van der Waals surface area contributed by atoms with Gasteiger partial charge in [-0.1, -0.05) is 30.3 Å². The molecule has 1 aliphatic rings. The Balaban J connectivity index is 1.55. The number of methoxy groups -OCH3 is 2. The molecule has 3 aromatic carbocycles. The van der Waals surface area contributed by atoms with E-state index < -0.39 is 6.04 Å². The molecule has 180 valence electrons. The molecule has 1 saturated heterocycles. The Hall–Kier alpha value is -3.91. The van der Waals surface area contributed by atoms with Crippen LogP contribution < -0.4 is 19.7 Å². The standard InChI is InChI=1S/C27H27N3O4S/c1-33-22-12-8-19(9-13-22)16-17-29-24(18-25(31)28-20-6-4-3-5-7-20)26(32)30(27(29)35)21-10-14-23(34-2)15-11-21/h3-15,24H,16-18H2,1-2H3,(H,28,31). The third-order valence-corrected chi connectivity index (χ3v) is 6.30. The Bertz CT molecular complexity index is 1180. The minimum atomic E-state index is -0.702. The number of rotatable bonds is 9. The molecule has 35 heavy (non-hydrogen) atoms. The highest BCUT2D eigenvalue weighted by molar-refractivity contribution is 7.80. The number of para-hydroxylation sites is 1. The Kier molecular flexibility index (Phi) is 7.62. The summed E-state index contributed by atoms with van der Waals surface area (Å²) >= 11 is 5.74. The molecular formula is C27H27N3O4S. The van der Waals surface area contributed by atoms with Crippen LogP contribution in [0, 0.1) is 0 Å². The van der Waals surface area contributed by atoms with Gasteiger partial charge in [0.2, 0.25) is 5.91 Å². The number of nitrogens with one attached hydrogen (secondary N) is 1. The van der Waals surface area contributed by atoms with Crippen LogP contribution in [0.1, 0.15) is 12.0 Å². The summed E-state index contributed by atoms with van der Waals surface area (Å²) in [6, 6.07) is 23.4. The number of benzene rings is 3. The first-order chi connectivity index (χ1) is 17.0. The van der Waals surface area contributed by atoms with Crippen LogP contribution >= 0.6 is 12.2 Å². The second kappa shape index (κ2) is 11.0. The molecule has 0 aromatic heterocycles. The summed E-state index contributed by atoms with van der Waals surface area (Å²) in [4.78, 5) is 29.7. The van der Waals surface area contributed by atoms with E-state index in [1.54, 1.807) is 38.5 Å². The van der Waals surface area contributed by atoms with Crippen LogP contribution in [-0.2, 0) is 16.0 Å². The number of hydrogen-bond donors (Lipinski definition) is 1. The van der Waals surface area contributed by atoms with Crippen LogP contribution in [0.4, 0.5) is 11.4 Å². The van der Waals surface area contributed by atoms with E-state index >= 15 is 0 Å². The number of amides is 2. The normalized spacial score (nSPS) is 15.3. The van der Waals surface area contributed by atoms with Crippen molar-refractivity contribution in [1.29, 1.82) is 0 Å². The van der Waals surface area contributed by atoms with Crippen LogP contribution in [0.3, 0.4) is 0 Å². The molecular weight excluding hydrogens is 462 g/mol. The molecule has 4 rings (SSSR count). The van der Waals surface area contributed by atoms with E-state index in [1.807, 2.05) is 59.5 Å². The highest BCUT2D eigenvalue weighted by Crippen LogP contribution is 2.29. The van der Waals surface area contributed by atoms with Crippen molar-refractivity contribution >= 4 is 40.5 Å². The van der Waals surface area contributed by atoms with Crippen molar-refractivity contribution in [2.24, 2.45) is 0 Å². The molecule has 1 heterocycles. The number of carbonyl (C=O) groups excluding carboxylic acids is 2. The fraction of sp³-hybridized carbons (Fsp3) is 0.222. The number of carbonyl (C=O) groups is 2. The molecule has 0 bridgehead atoms. The van der Waals surface area contributed by atoms with Gasteiger partial charge in [0.15, 0.2) is 5.11 Å². The second-order valence-electron chi connectivity index (χ2n) is 8.08. The molecule has 1 fully saturated rings. The van der Waals surface area contributed by atoms with Gasteiger partial charge in [-0.15, -0.1) is 0 Å². The van der Waals surface area contributed by atoms with Crippen molar-refractivity contribution in [2.75, 3.05) is 31.0 Å². The molecule has 1 unspecified atom stereocenters. The van der Waals surface area contributed by atoms with Gasteiger partial charge in [0.1, 0.15) is 17.5 Å². The largest absolute Gasteiger partial charge is 0.497 e. The minimum Gasteiger partial charge on any atom is -0.497 e. The predicted octanol–water partition coefficient (Wildman–Crippen LogP) is 4.28. The summed E-state index contributed by atoms with van der Waals surface area (Å²) in [6.45, 7) is 0.493. The van der Waals surface area contributed by atoms with Crippen LogP contribution in [0.15, 0.2) is 78.9 Å². The number of thiocarbonyl (C=S) groups is 1. The van der Waals surface area contributed by atoms with Gasteiger partial charge in [0.25, 0.3) is 5.91 Å². The third-order valence-electron chi connectivity index (χ3n) is 5.89. The molecule has 2 amide bonds. The highest BCUT2D eigenvalue weighted by Gasteiger charge is 2.43. The smallest absolute Gasteiger partial charge is 0.256 e. The van der Waals surface area contributed by atoms with E-state index in [0.29, 0.717) is 35.2 Å². The van der Waals surface area contributed by atoms with Crippen LogP contribution in [0.2, 0.25) is 0 Å². The summed E-state index contributed by atoms with van der Waals surface area (Å²) in [5.74, 6) is 0.990. The fourth-order valence-electron chi connectivity index (χ4n) is 4.01. The molecule has 0 spiro atoms. The van der Waals surface area contributed by atoms with Gasteiger partial charge in [-0.05, 0) is 72.7 Å². The molecule has 0 aliphatic carbocycles. The van der Waals surface area contributed by atoms with E-state index in [0.717, 1.165) is 11.3 Å². The molecule has 0 saturated carbocycles. The zero-order valence-corrected chi connectivity index (χ0v) is 20.5. The maximum atomic E-state index is 13.5.